The van der Waals surface area contributed by atoms with E-state index in [1.165, 1.54) is 18.3 Å². The van der Waals surface area contributed by atoms with Crippen molar-refractivity contribution in [1.82, 2.24) is 4.98 Å². The lowest BCUT2D eigenvalue weighted by atomic mass is 10.3. The van der Waals surface area contributed by atoms with Crippen LogP contribution in [0.25, 0.3) is 0 Å². The Balaban J connectivity index is 2.02. The number of aromatic nitrogens is 1. The van der Waals surface area contributed by atoms with Gasteiger partial charge in [-0.1, -0.05) is 11.6 Å². The maximum absolute atomic E-state index is 11.8. The van der Waals surface area contributed by atoms with Crippen molar-refractivity contribution in [3.8, 4) is 0 Å². The molecule has 0 bridgehead atoms. The summed E-state index contributed by atoms with van der Waals surface area (Å²) >= 11 is 7.89. The zero-order valence-electron chi connectivity index (χ0n) is 10.4. The molecule has 0 unspecified atom stereocenters. The van der Waals surface area contributed by atoms with Gasteiger partial charge in [-0.05, 0) is 52.9 Å². The van der Waals surface area contributed by atoms with Gasteiger partial charge >= 0.3 is 12.0 Å². The molecule has 8 heteroatoms. The van der Waals surface area contributed by atoms with Crippen molar-refractivity contribution in [3.63, 3.8) is 0 Å². The third-order valence-corrected chi connectivity index (χ3v) is 3.55. The SMILES string of the molecule is O=C(Nc1ccc(C(=O)O)nc1)Nc1ccc(Cl)cc1I. The van der Waals surface area contributed by atoms with Crippen molar-refractivity contribution in [3.05, 3.63) is 50.8 Å². The van der Waals surface area contributed by atoms with E-state index < -0.39 is 12.0 Å². The van der Waals surface area contributed by atoms with Crippen LogP contribution in [0.3, 0.4) is 0 Å². The topological polar surface area (TPSA) is 91.3 Å². The Hall–Kier alpha value is -1.87. The molecule has 1 aromatic carbocycles. The smallest absolute Gasteiger partial charge is 0.354 e. The molecule has 1 heterocycles. The average molecular weight is 418 g/mol. The number of amides is 2. The number of aromatic carboxylic acids is 1. The van der Waals surface area contributed by atoms with E-state index in [2.05, 4.69) is 38.2 Å². The molecular weight excluding hydrogens is 409 g/mol. The first-order chi connectivity index (χ1) is 9.95. The van der Waals surface area contributed by atoms with Crippen molar-refractivity contribution >= 4 is 57.6 Å². The summed E-state index contributed by atoms with van der Waals surface area (Å²) in [5, 5.41) is 14.5. The van der Waals surface area contributed by atoms with E-state index in [4.69, 9.17) is 16.7 Å². The molecule has 2 aromatic rings. The Bertz CT molecular complexity index is 692. The molecule has 2 rings (SSSR count). The molecule has 0 saturated carbocycles. The average Bonchev–Trinajstić information content (AvgIpc) is 2.42. The summed E-state index contributed by atoms with van der Waals surface area (Å²) in [6.45, 7) is 0. The highest BCUT2D eigenvalue weighted by molar-refractivity contribution is 14.1. The second-order valence-corrected chi connectivity index (χ2v) is 5.54. The van der Waals surface area contributed by atoms with Crippen LogP contribution in [-0.2, 0) is 0 Å². The Labute approximate surface area is 138 Å². The lowest BCUT2D eigenvalue weighted by Crippen LogP contribution is -2.20. The molecule has 108 valence electrons. The summed E-state index contributed by atoms with van der Waals surface area (Å²) in [6, 6.07) is 7.39. The summed E-state index contributed by atoms with van der Waals surface area (Å²) in [4.78, 5) is 26.2. The zero-order chi connectivity index (χ0) is 15.4. The lowest BCUT2D eigenvalue weighted by Gasteiger charge is -2.09. The third-order valence-electron chi connectivity index (χ3n) is 2.42. The minimum atomic E-state index is -1.12. The van der Waals surface area contributed by atoms with Crippen LogP contribution in [0.2, 0.25) is 5.02 Å². The number of halogens is 2. The Kier molecular flexibility index (Phi) is 4.97. The molecule has 0 aliphatic heterocycles. The number of anilines is 2. The van der Waals surface area contributed by atoms with Gasteiger partial charge in [0.05, 0.1) is 17.6 Å². The van der Waals surface area contributed by atoms with Crippen molar-refractivity contribution in [2.24, 2.45) is 0 Å². The lowest BCUT2D eigenvalue weighted by molar-refractivity contribution is 0.0690. The molecule has 0 saturated heterocycles. The maximum Gasteiger partial charge on any atom is 0.354 e. The van der Waals surface area contributed by atoms with Crippen LogP contribution in [0, 0.1) is 3.57 Å². The standard InChI is InChI=1S/C13H9ClIN3O3/c14-7-1-3-10(9(15)5-7)18-13(21)17-8-2-4-11(12(19)20)16-6-8/h1-6H,(H,19,20)(H2,17,18,21). The van der Waals surface area contributed by atoms with Crippen LogP contribution >= 0.6 is 34.2 Å². The molecule has 0 aliphatic carbocycles. The summed E-state index contributed by atoms with van der Waals surface area (Å²) in [6.07, 6.45) is 1.27. The second kappa shape index (κ2) is 6.72. The number of carbonyl (C=O) groups excluding carboxylic acids is 1. The van der Waals surface area contributed by atoms with Crippen molar-refractivity contribution in [2.75, 3.05) is 10.6 Å². The zero-order valence-corrected chi connectivity index (χ0v) is 13.3. The first kappa shape index (κ1) is 15.5. The van der Waals surface area contributed by atoms with E-state index in [9.17, 15) is 9.59 Å². The number of nitrogens with one attached hydrogen (secondary N) is 2. The predicted octanol–water partition coefficient (Wildman–Crippen LogP) is 3.68. The van der Waals surface area contributed by atoms with E-state index in [0.717, 1.165) is 3.57 Å². The Morgan fingerprint density at radius 1 is 1.19 bits per heavy atom. The third kappa shape index (κ3) is 4.30. The maximum atomic E-state index is 11.8. The van der Waals surface area contributed by atoms with Crippen LogP contribution in [0.4, 0.5) is 16.2 Å². The number of carboxylic acid groups (broad SMARTS) is 1. The highest BCUT2D eigenvalue weighted by Gasteiger charge is 2.08. The number of hydrogen-bond donors (Lipinski definition) is 3. The molecule has 2 amide bonds. The highest BCUT2D eigenvalue weighted by atomic mass is 127. The number of hydrogen-bond acceptors (Lipinski definition) is 3. The van der Waals surface area contributed by atoms with Crippen LogP contribution in [0.1, 0.15) is 10.5 Å². The first-order valence-corrected chi connectivity index (χ1v) is 7.14. The van der Waals surface area contributed by atoms with Crippen molar-refractivity contribution < 1.29 is 14.7 Å². The van der Waals surface area contributed by atoms with Gasteiger partial charge in [0.1, 0.15) is 5.69 Å². The second-order valence-electron chi connectivity index (χ2n) is 3.94. The highest BCUT2D eigenvalue weighted by Crippen LogP contribution is 2.22. The number of urea groups is 1. The van der Waals surface area contributed by atoms with Crippen LogP contribution in [0.5, 0.6) is 0 Å². The molecule has 3 N–H and O–H groups in total. The largest absolute Gasteiger partial charge is 0.477 e. The van der Waals surface area contributed by atoms with Crippen LogP contribution in [-0.4, -0.2) is 22.1 Å². The van der Waals surface area contributed by atoms with E-state index >= 15 is 0 Å². The fourth-order valence-corrected chi connectivity index (χ4v) is 2.48. The van der Waals surface area contributed by atoms with Gasteiger partial charge < -0.3 is 15.7 Å². The molecule has 0 radical (unpaired) electrons. The molecule has 21 heavy (non-hydrogen) atoms. The van der Waals surface area contributed by atoms with Gasteiger partial charge in [0, 0.05) is 8.59 Å². The number of pyridine rings is 1. The molecule has 0 atom stereocenters. The van der Waals surface area contributed by atoms with E-state index in [1.54, 1.807) is 18.2 Å². The summed E-state index contributed by atoms with van der Waals surface area (Å²) in [7, 11) is 0. The fraction of sp³-hybridized carbons (Fsp3) is 0. The molecule has 6 nitrogen and oxygen atoms in total. The monoisotopic (exact) mass is 417 g/mol. The Morgan fingerprint density at radius 3 is 2.52 bits per heavy atom. The van der Waals surface area contributed by atoms with Gasteiger partial charge in [-0.15, -0.1) is 0 Å². The van der Waals surface area contributed by atoms with Crippen LogP contribution in [0.15, 0.2) is 36.5 Å². The normalized spacial score (nSPS) is 10.0. The number of carboxylic acids is 1. The van der Waals surface area contributed by atoms with Gasteiger partial charge in [0.25, 0.3) is 0 Å². The van der Waals surface area contributed by atoms with Gasteiger partial charge in [0.15, 0.2) is 0 Å². The number of benzene rings is 1. The molecule has 0 fully saturated rings. The number of rotatable bonds is 3. The van der Waals surface area contributed by atoms with E-state index in [0.29, 0.717) is 16.4 Å². The van der Waals surface area contributed by atoms with Crippen molar-refractivity contribution in [2.45, 2.75) is 0 Å². The summed E-state index contributed by atoms with van der Waals surface area (Å²) in [5.41, 5.74) is 0.919. The van der Waals surface area contributed by atoms with E-state index in [1.807, 2.05) is 0 Å². The molecular formula is C13H9ClIN3O3. The quantitative estimate of drug-likeness (QED) is 0.665. The molecule has 1 aromatic heterocycles. The van der Waals surface area contributed by atoms with Gasteiger partial charge in [-0.3, -0.25) is 0 Å². The minimum Gasteiger partial charge on any atom is -0.477 e. The van der Waals surface area contributed by atoms with Crippen molar-refractivity contribution in [1.29, 1.82) is 0 Å². The van der Waals surface area contributed by atoms with E-state index in [-0.39, 0.29) is 5.69 Å². The van der Waals surface area contributed by atoms with Gasteiger partial charge in [-0.25, -0.2) is 14.6 Å². The molecule has 0 spiro atoms. The predicted molar refractivity (Wildman–Crippen MR) is 88.0 cm³/mol. The number of carbonyl (C=O) groups is 2. The van der Waals surface area contributed by atoms with Gasteiger partial charge in [-0.2, -0.15) is 0 Å². The molecule has 0 aliphatic rings. The Morgan fingerprint density at radius 2 is 1.95 bits per heavy atom. The summed E-state index contributed by atoms with van der Waals surface area (Å²) in [5.74, 6) is -1.12. The number of nitrogens with zero attached hydrogens (tertiary/aromatic N) is 1. The summed E-state index contributed by atoms with van der Waals surface area (Å²) < 4.78 is 0.801. The first-order valence-electron chi connectivity index (χ1n) is 5.68. The minimum absolute atomic E-state index is 0.0896. The fourth-order valence-electron chi connectivity index (χ4n) is 1.47. The van der Waals surface area contributed by atoms with Crippen LogP contribution < -0.4 is 10.6 Å². The van der Waals surface area contributed by atoms with Gasteiger partial charge in [0.2, 0.25) is 0 Å².